The first-order valence-electron chi connectivity index (χ1n) is 9.02. The number of esters is 1. The Kier molecular flexibility index (Phi) is 6.88. The molecule has 0 aliphatic carbocycles. The SMILES string of the molecule is COc1ccc(C=CC(=O)c2ccc(OC(=O)c3ccc(Cl)cc3)cc2)c(OC)c1. The second kappa shape index (κ2) is 9.76. The number of allylic oxidation sites excluding steroid dienone is 1. The summed E-state index contributed by atoms with van der Waals surface area (Å²) in [5.41, 5.74) is 1.60. The molecule has 0 aromatic heterocycles. The van der Waals surface area contributed by atoms with Crippen molar-refractivity contribution in [3.05, 3.63) is 94.5 Å². The Morgan fingerprint density at radius 3 is 2.07 bits per heavy atom. The summed E-state index contributed by atoms with van der Waals surface area (Å²) in [6.45, 7) is 0. The largest absolute Gasteiger partial charge is 0.497 e. The van der Waals surface area contributed by atoms with Crippen LogP contribution < -0.4 is 14.2 Å². The summed E-state index contributed by atoms with van der Waals surface area (Å²) < 4.78 is 15.8. The zero-order valence-corrected chi connectivity index (χ0v) is 17.2. The molecule has 3 aromatic carbocycles. The molecule has 0 atom stereocenters. The molecule has 3 rings (SSSR count). The van der Waals surface area contributed by atoms with Gasteiger partial charge in [0.25, 0.3) is 0 Å². The van der Waals surface area contributed by atoms with Gasteiger partial charge < -0.3 is 14.2 Å². The molecule has 0 N–H and O–H groups in total. The van der Waals surface area contributed by atoms with Crippen LogP contribution in [0.15, 0.2) is 72.8 Å². The Balaban J connectivity index is 1.67. The van der Waals surface area contributed by atoms with Gasteiger partial charge in [0, 0.05) is 22.2 Å². The predicted octanol–water partition coefficient (Wildman–Crippen LogP) is 5.47. The first-order chi connectivity index (χ1) is 14.5. The minimum absolute atomic E-state index is 0.191. The van der Waals surface area contributed by atoms with Gasteiger partial charge in [-0.2, -0.15) is 0 Å². The molecule has 0 aliphatic heterocycles. The van der Waals surface area contributed by atoms with Crippen molar-refractivity contribution in [3.63, 3.8) is 0 Å². The van der Waals surface area contributed by atoms with E-state index in [0.717, 1.165) is 5.56 Å². The normalized spacial score (nSPS) is 10.6. The van der Waals surface area contributed by atoms with Gasteiger partial charge in [0.2, 0.25) is 0 Å². The van der Waals surface area contributed by atoms with Crippen LogP contribution in [0.1, 0.15) is 26.3 Å². The molecule has 0 fully saturated rings. The number of hydrogen-bond donors (Lipinski definition) is 0. The van der Waals surface area contributed by atoms with Crippen molar-refractivity contribution in [1.29, 1.82) is 0 Å². The van der Waals surface area contributed by atoms with Crippen LogP contribution in [0, 0.1) is 0 Å². The molecule has 0 aliphatic rings. The van der Waals surface area contributed by atoms with Gasteiger partial charge in [-0.25, -0.2) is 4.79 Å². The molecular formula is C24H19ClO5. The minimum Gasteiger partial charge on any atom is -0.497 e. The van der Waals surface area contributed by atoms with Crippen LogP contribution >= 0.6 is 11.6 Å². The maximum atomic E-state index is 12.5. The second-order valence-corrected chi connectivity index (χ2v) is 6.66. The number of ether oxygens (including phenoxy) is 3. The van der Waals surface area contributed by atoms with Crippen LogP contribution in [0.25, 0.3) is 6.08 Å². The minimum atomic E-state index is -0.503. The molecule has 6 heteroatoms. The number of benzene rings is 3. The van der Waals surface area contributed by atoms with E-state index in [-0.39, 0.29) is 5.78 Å². The molecule has 0 saturated heterocycles. The lowest BCUT2D eigenvalue weighted by atomic mass is 10.1. The van der Waals surface area contributed by atoms with Gasteiger partial charge in [-0.15, -0.1) is 0 Å². The van der Waals surface area contributed by atoms with Crippen LogP contribution in [0.5, 0.6) is 17.2 Å². The molecule has 30 heavy (non-hydrogen) atoms. The molecule has 5 nitrogen and oxygen atoms in total. The number of methoxy groups -OCH3 is 2. The third-order valence-electron chi connectivity index (χ3n) is 4.28. The number of carbonyl (C=O) groups excluding carboxylic acids is 2. The Morgan fingerprint density at radius 2 is 1.43 bits per heavy atom. The molecule has 0 saturated carbocycles. The summed E-state index contributed by atoms with van der Waals surface area (Å²) in [5.74, 6) is 0.912. The zero-order valence-electron chi connectivity index (χ0n) is 16.4. The first-order valence-corrected chi connectivity index (χ1v) is 9.40. The highest BCUT2D eigenvalue weighted by Gasteiger charge is 2.10. The fraction of sp³-hybridized carbons (Fsp3) is 0.0833. The van der Waals surface area contributed by atoms with Crippen LogP contribution in [-0.4, -0.2) is 26.0 Å². The van der Waals surface area contributed by atoms with E-state index < -0.39 is 5.97 Å². The van der Waals surface area contributed by atoms with Gasteiger partial charge in [-0.05, 0) is 72.8 Å². The average Bonchev–Trinajstić information content (AvgIpc) is 2.78. The van der Waals surface area contributed by atoms with Crippen molar-refractivity contribution in [2.45, 2.75) is 0 Å². The number of carbonyl (C=O) groups is 2. The van der Waals surface area contributed by atoms with Gasteiger partial charge in [0.15, 0.2) is 5.78 Å². The van der Waals surface area contributed by atoms with Gasteiger partial charge in [0.05, 0.1) is 19.8 Å². The van der Waals surface area contributed by atoms with E-state index >= 15 is 0 Å². The van der Waals surface area contributed by atoms with E-state index in [9.17, 15) is 9.59 Å². The second-order valence-electron chi connectivity index (χ2n) is 6.23. The van der Waals surface area contributed by atoms with Crippen LogP contribution in [0.4, 0.5) is 0 Å². The number of hydrogen-bond acceptors (Lipinski definition) is 5. The summed E-state index contributed by atoms with van der Waals surface area (Å²) in [7, 11) is 3.13. The van der Waals surface area contributed by atoms with Crippen LogP contribution in [0.3, 0.4) is 0 Å². The molecule has 0 bridgehead atoms. The third kappa shape index (κ3) is 5.27. The molecule has 152 valence electrons. The molecule has 0 heterocycles. The molecule has 0 radical (unpaired) electrons. The monoisotopic (exact) mass is 422 g/mol. The number of rotatable bonds is 7. The van der Waals surface area contributed by atoms with Gasteiger partial charge >= 0.3 is 5.97 Å². The number of halogens is 1. The van der Waals surface area contributed by atoms with E-state index in [1.807, 2.05) is 0 Å². The summed E-state index contributed by atoms with van der Waals surface area (Å²) in [6, 6.07) is 18.1. The van der Waals surface area contributed by atoms with E-state index in [0.29, 0.717) is 33.4 Å². The van der Waals surface area contributed by atoms with E-state index in [1.165, 1.54) is 6.08 Å². The van der Waals surface area contributed by atoms with Crippen LogP contribution in [-0.2, 0) is 0 Å². The summed E-state index contributed by atoms with van der Waals surface area (Å²) >= 11 is 5.82. The van der Waals surface area contributed by atoms with Crippen molar-refractivity contribution < 1.29 is 23.8 Å². The van der Waals surface area contributed by atoms with Crippen molar-refractivity contribution >= 4 is 29.4 Å². The van der Waals surface area contributed by atoms with Crippen molar-refractivity contribution in [3.8, 4) is 17.2 Å². The van der Waals surface area contributed by atoms with Crippen molar-refractivity contribution in [2.75, 3.05) is 14.2 Å². The average molecular weight is 423 g/mol. The lowest BCUT2D eigenvalue weighted by Gasteiger charge is -2.07. The zero-order chi connectivity index (χ0) is 21.5. The Hall–Kier alpha value is -3.57. The molecule has 0 amide bonds. The number of ketones is 1. The van der Waals surface area contributed by atoms with Gasteiger partial charge in [0.1, 0.15) is 17.2 Å². The first kappa shape index (κ1) is 21.1. The predicted molar refractivity (Wildman–Crippen MR) is 116 cm³/mol. The quantitative estimate of drug-likeness (QED) is 0.218. The molecular weight excluding hydrogens is 404 g/mol. The highest BCUT2D eigenvalue weighted by atomic mass is 35.5. The highest BCUT2D eigenvalue weighted by molar-refractivity contribution is 6.30. The third-order valence-corrected chi connectivity index (χ3v) is 4.54. The van der Waals surface area contributed by atoms with Crippen molar-refractivity contribution in [1.82, 2.24) is 0 Å². The fourth-order valence-electron chi connectivity index (χ4n) is 2.66. The Labute approximate surface area is 179 Å². The Bertz CT molecular complexity index is 1070. The topological polar surface area (TPSA) is 61.8 Å². The standard InChI is InChI=1S/C24H19ClO5/c1-28-21-13-7-17(23(15-21)29-2)8-14-22(26)16-5-11-20(12-6-16)30-24(27)18-3-9-19(25)10-4-18/h3-15H,1-2H3. The smallest absolute Gasteiger partial charge is 0.343 e. The Morgan fingerprint density at radius 1 is 0.800 bits per heavy atom. The van der Waals surface area contributed by atoms with Crippen LogP contribution in [0.2, 0.25) is 5.02 Å². The lowest BCUT2D eigenvalue weighted by molar-refractivity contribution is 0.0734. The van der Waals surface area contributed by atoms with Gasteiger partial charge in [-0.3, -0.25) is 4.79 Å². The maximum absolute atomic E-state index is 12.5. The fourth-order valence-corrected chi connectivity index (χ4v) is 2.78. The molecule has 3 aromatic rings. The van der Waals surface area contributed by atoms with E-state index in [1.54, 1.807) is 87.0 Å². The summed E-state index contributed by atoms with van der Waals surface area (Å²) in [4.78, 5) is 24.6. The van der Waals surface area contributed by atoms with E-state index in [2.05, 4.69) is 0 Å². The summed E-state index contributed by atoms with van der Waals surface area (Å²) in [5, 5.41) is 0.537. The van der Waals surface area contributed by atoms with Gasteiger partial charge in [-0.1, -0.05) is 11.6 Å². The van der Waals surface area contributed by atoms with E-state index in [4.69, 9.17) is 25.8 Å². The highest BCUT2D eigenvalue weighted by Crippen LogP contribution is 2.26. The summed E-state index contributed by atoms with van der Waals surface area (Å²) in [6.07, 6.45) is 3.13. The van der Waals surface area contributed by atoms with Crippen molar-refractivity contribution in [2.24, 2.45) is 0 Å². The molecule has 0 spiro atoms. The molecule has 0 unspecified atom stereocenters. The maximum Gasteiger partial charge on any atom is 0.343 e. The lowest BCUT2D eigenvalue weighted by Crippen LogP contribution is -2.08.